The van der Waals surface area contributed by atoms with Gasteiger partial charge in [0.25, 0.3) is 0 Å². The summed E-state index contributed by atoms with van der Waals surface area (Å²) in [5.41, 5.74) is 3.59. The number of nitrogens with zero attached hydrogens (tertiary/aromatic N) is 1. The number of hydrogen-bond acceptors (Lipinski definition) is 1. The van der Waals surface area contributed by atoms with Crippen LogP contribution in [0.25, 0.3) is 0 Å². The van der Waals surface area contributed by atoms with E-state index in [-0.39, 0.29) is 6.04 Å². The Morgan fingerprint density at radius 3 is 2.74 bits per heavy atom. The molecule has 0 aliphatic heterocycles. The molecular formula is C18H21N. The standard InChI is InChI=1S/C18H21N/c1-3-15(2)18(17-12-8-5-9-13-17)19-14-16-10-6-4-7-11-16/h4,6-8,10-14,18H,2-3,5,9H2,1H3/b19-14+. The van der Waals surface area contributed by atoms with E-state index in [1.807, 2.05) is 24.4 Å². The van der Waals surface area contributed by atoms with Crippen molar-refractivity contribution in [3.05, 3.63) is 71.8 Å². The maximum Gasteiger partial charge on any atom is 0.0953 e. The topological polar surface area (TPSA) is 12.4 Å². The Labute approximate surface area is 116 Å². The lowest BCUT2D eigenvalue weighted by Gasteiger charge is -2.18. The molecule has 0 spiro atoms. The summed E-state index contributed by atoms with van der Waals surface area (Å²) in [5, 5.41) is 0. The lowest BCUT2D eigenvalue weighted by molar-refractivity contribution is 0.844. The van der Waals surface area contributed by atoms with E-state index in [0.717, 1.165) is 24.8 Å². The van der Waals surface area contributed by atoms with Crippen LogP contribution >= 0.6 is 0 Å². The van der Waals surface area contributed by atoms with Crippen LogP contribution in [-0.2, 0) is 0 Å². The molecule has 0 amide bonds. The van der Waals surface area contributed by atoms with E-state index in [4.69, 9.17) is 4.99 Å². The molecule has 0 heterocycles. The first-order valence-corrected chi connectivity index (χ1v) is 6.93. The van der Waals surface area contributed by atoms with Crippen molar-refractivity contribution in [1.82, 2.24) is 0 Å². The summed E-state index contributed by atoms with van der Waals surface area (Å²) >= 11 is 0. The molecule has 1 heteroatoms. The minimum absolute atomic E-state index is 0.0988. The Morgan fingerprint density at radius 1 is 1.32 bits per heavy atom. The van der Waals surface area contributed by atoms with Crippen molar-refractivity contribution >= 4 is 6.21 Å². The lowest BCUT2D eigenvalue weighted by atomic mass is 9.94. The highest BCUT2D eigenvalue weighted by atomic mass is 14.8. The second-order valence-electron chi connectivity index (χ2n) is 4.79. The van der Waals surface area contributed by atoms with E-state index >= 15 is 0 Å². The first kappa shape index (κ1) is 13.5. The monoisotopic (exact) mass is 251 g/mol. The summed E-state index contributed by atoms with van der Waals surface area (Å²) < 4.78 is 0. The quantitative estimate of drug-likeness (QED) is 0.530. The molecule has 98 valence electrons. The van der Waals surface area contributed by atoms with E-state index in [1.165, 1.54) is 11.1 Å². The van der Waals surface area contributed by atoms with E-state index < -0.39 is 0 Å². The lowest BCUT2D eigenvalue weighted by Crippen LogP contribution is -2.11. The Bertz CT molecular complexity index is 506. The second kappa shape index (κ2) is 6.89. The van der Waals surface area contributed by atoms with E-state index in [0.29, 0.717) is 0 Å². The van der Waals surface area contributed by atoms with E-state index in [1.54, 1.807) is 0 Å². The van der Waals surface area contributed by atoms with Crippen molar-refractivity contribution in [3.63, 3.8) is 0 Å². The third-order valence-electron chi connectivity index (χ3n) is 3.35. The minimum Gasteiger partial charge on any atom is -0.280 e. The van der Waals surface area contributed by atoms with Gasteiger partial charge in [-0.2, -0.15) is 0 Å². The largest absolute Gasteiger partial charge is 0.280 e. The highest BCUT2D eigenvalue weighted by molar-refractivity contribution is 5.80. The molecule has 19 heavy (non-hydrogen) atoms. The molecule has 0 saturated heterocycles. The van der Waals surface area contributed by atoms with Crippen molar-refractivity contribution in [2.45, 2.75) is 32.2 Å². The molecular weight excluding hydrogens is 230 g/mol. The summed E-state index contributed by atoms with van der Waals surface area (Å²) in [5.74, 6) is 0. The van der Waals surface area contributed by atoms with Gasteiger partial charge in [0.2, 0.25) is 0 Å². The highest BCUT2D eigenvalue weighted by Crippen LogP contribution is 2.22. The number of aliphatic imine (C=N–C) groups is 1. The molecule has 0 saturated carbocycles. The molecule has 1 aromatic rings. The van der Waals surface area contributed by atoms with Gasteiger partial charge in [0.15, 0.2) is 0 Å². The van der Waals surface area contributed by atoms with Crippen LogP contribution in [0.2, 0.25) is 0 Å². The van der Waals surface area contributed by atoms with Crippen molar-refractivity contribution < 1.29 is 0 Å². The molecule has 0 fully saturated rings. The van der Waals surface area contributed by atoms with Gasteiger partial charge in [0, 0.05) is 6.21 Å². The summed E-state index contributed by atoms with van der Waals surface area (Å²) in [6.07, 6.45) is 11.9. The van der Waals surface area contributed by atoms with Crippen LogP contribution in [0.4, 0.5) is 0 Å². The number of hydrogen-bond donors (Lipinski definition) is 0. The van der Waals surface area contributed by atoms with Gasteiger partial charge in [-0.3, -0.25) is 4.99 Å². The normalized spacial score (nSPS) is 16.4. The fourth-order valence-electron chi connectivity index (χ4n) is 2.16. The van der Waals surface area contributed by atoms with Gasteiger partial charge in [0.1, 0.15) is 0 Å². The average molecular weight is 251 g/mol. The van der Waals surface area contributed by atoms with Crippen LogP contribution in [0.15, 0.2) is 71.3 Å². The van der Waals surface area contributed by atoms with Crippen LogP contribution in [0.1, 0.15) is 31.7 Å². The third-order valence-corrected chi connectivity index (χ3v) is 3.35. The molecule has 0 N–H and O–H groups in total. The van der Waals surface area contributed by atoms with Crippen LogP contribution in [0, 0.1) is 0 Å². The van der Waals surface area contributed by atoms with Gasteiger partial charge in [-0.1, -0.05) is 62.1 Å². The first-order valence-electron chi connectivity index (χ1n) is 6.93. The van der Waals surface area contributed by atoms with Crippen molar-refractivity contribution in [2.24, 2.45) is 4.99 Å². The Kier molecular flexibility index (Phi) is 4.91. The fraction of sp³-hybridized carbons (Fsp3) is 0.278. The zero-order valence-corrected chi connectivity index (χ0v) is 11.5. The van der Waals surface area contributed by atoms with Crippen LogP contribution in [-0.4, -0.2) is 12.3 Å². The van der Waals surface area contributed by atoms with Crippen molar-refractivity contribution in [2.75, 3.05) is 0 Å². The van der Waals surface area contributed by atoms with E-state index in [2.05, 4.69) is 43.9 Å². The summed E-state index contributed by atoms with van der Waals surface area (Å²) in [7, 11) is 0. The smallest absolute Gasteiger partial charge is 0.0953 e. The van der Waals surface area contributed by atoms with Gasteiger partial charge in [-0.25, -0.2) is 0 Å². The van der Waals surface area contributed by atoms with Gasteiger partial charge in [-0.15, -0.1) is 0 Å². The summed E-state index contributed by atoms with van der Waals surface area (Å²) in [4.78, 5) is 4.74. The van der Waals surface area contributed by atoms with Gasteiger partial charge >= 0.3 is 0 Å². The highest BCUT2D eigenvalue weighted by Gasteiger charge is 2.14. The fourth-order valence-corrected chi connectivity index (χ4v) is 2.16. The second-order valence-corrected chi connectivity index (χ2v) is 4.79. The molecule has 2 rings (SSSR count). The van der Waals surface area contributed by atoms with Crippen LogP contribution < -0.4 is 0 Å². The SMILES string of the molecule is C=C(CC)C(/N=C/c1ccccc1)C1=CCCC=C1. The molecule has 1 unspecified atom stereocenters. The van der Waals surface area contributed by atoms with Crippen molar-refractivity contribution in [3.8, 4) is 0 Å². The predicted octanol–water partition coefficient (Wildman–Crippen LogP) is 4.72. The molecule has 1 aromatic carbocycles. The van der Waals surface area contributed by atoms with Crippen molar-refractivity contribution in [1.29, 1.82) is 0 Å². The molecule has 0 bridgehead atoms. The molecule has 0 aromatic heterocycles. The van der Waals surface area contributed by atoms with Crippen LogP contribution in [0.3, 0.4) is 0 Å². The first-order chi connectivity index (χ1) is 9.31. The van der Waals surface area contributed by atoms with Gasteiger partial charge in [0.05, 0.1) is 6.04 Å². The molecule has 1 nitrogen and oxygen atoms in total. The number of rotatable bonds is 5. The Hall–Kier alpha value is -1.89. The average Bonchev–Trinajstić information content (AvgIpc) is 2.49. The molecule has 0 radical (unpaired) electrons. The zero-order chi connectivity index (χ0) is 13.5. The molecule has 1 aliphatic carbocycles. The molecule has 1 aliphatic rings. The Morgan fingerprint density at radius 2 is 2.11 bits per heavy atom. The maximum atomic E-state index is 4.74. The van der Waals surface area contributed by atoms with Crippen LogP contribution in [0.5, 0.6) is 0 Å². The van der Waals surface area contributed by atoms with Gasteiger partial charge in [-0.05, 0) is 36.0 Å². The predicted molar refractivity (Wildman–Crippen MR) is 83.7 cm³/mol. The zero-order valence-electron chi connectivity index (χ0n) is 11.5. The Balaban J connectivity index is 2.19. The third kappa shape index (κ3) is 3.78. The number of allylic oxidation sites excluding steroid dienone is 2. The maximum absolute atomic E-state index is 4.74. The number of benzene rings is 1. The summed E-state index contributed by atoms with van der Waals surface area (Å²) in [6, 6.07) is 10.3. The minimum atomic E-state index is 0.0988. The molecule has 1 atom stereocenters. The summed E-state index contributed by atoms with van der Waals surface area (Å²) in [6.45, 7) is 6.31. The van der Waals surface area contributed by atoms with Gasteiger partial charge < -0.3 is 0 Å². The van der Waals surface area contributed by atoms with E-state index in [9.17, 15) is 0 Å².